The number of rotatable bonds is 4. The number of aryl methyl sites for hydroxylation is 1. The Bertz CT molecular complexity index is 339. The topological polar surface area (TPSA) is 54.2 Å². The minimum absolute atomic E-state index is 0.531. The quantitative estimate of drug-likeness (QED) is 0.449. The van der Waals surface area contributed by atoms with E-state index in [4.69, 9.17) is 11.1 Å². The van der Waals surface area contributed by atoms with E-state index in [1.807, 2.05) is 12.1 Å². The third-order valence-corrected chi connectivity index (χ3v) is 2.30. The monoisotopic (exact) mass is 190 g/mol. The van der Waals surface area contributed by atoms with Crippen molar-refractivity contribution in [3.8, 4) is 0 Å². The molecule has 14 heavy (non-hydrogen) atoms. The molecule has 0 fully saturated rings. The van der Waals surface area contributed by atoms with Gasteiger partial charge in [-0.3, -0.25) is 0 Å². The first-order chi connectivity index (χ1) is 6.79. The van der Waals surface area contributed by atoms with Gasteiger partial charge in [-0.1, -0.05) is 31.9 Å². The second-order valence-electron chi connectivity index (χ2n) is 3.41. The molecule has 0 unspecified atom stereocenters. The van der Waals surface area contributed by atoms with Crippen molar-refractivity contribution in [1.82, 2.24) is 0 Å². The van der Waals surface area contributed by atoms with Crippen LogP contribution < -0.4 is 5.73 Å². The van der Waals surface area contributed by atoms with E-state index in [1.165, 1.54) is 12.8 Å². The number of nitrogens with two attached hydrogens (primary N) is 1. The Morgan fingerprint density at radius 2 is 2.14 bits per heavy atom. The first-order valence-electron chi connectivity index (χ1n) is 5.02. The Balaban J connectivity index is 2.76. The SMILES string of the molecule is CCCCCc1cccc(N)c1[N+]#N. The summed E-state index contributed by atoms with van der Waals surface area (Å²) >= 11 is 0. The molecule has 1 rings (SSSR count). The Morgan fingerprint density at radius 1 is 1.36 bits per heavy atom. The summed E-state index contributed by atoms with van der Waals surface area (Å²) < 4.78 is 0. The summed E-state index contributed by atoms with van der Waals surface area (Å²) in [6, 6.07) is 5.60. The summed E-state index contributed by atoms with van der Waals surface area (Å²) in [5, 5.41) is 8.80. The smallest absolute Gasteiger partial charge is 0.392 e. The van der Waals surface area contributed by atoms with E-state index in [9.17, 15) is 0 Å². The summed E-state index contributed by atoms with van der Waals surface area (Å²) in [5.74, 6) is 0. The van der Waals surface area contributed by atoms with Crippen LogP contribution in [0.2, 0.25) is 0 Å². The van der Waals surface area contributed by atoms with Gasteiger partial charge in [-0.25, -0.2) is 0 Å². The van der Waals surface area contributed by atoms with Gasteiger partial charge in [0.25, 0.3) is 0 Å². The number of benzene rings is 1. The van der Waals surface area contributed by atoms with Crippen molar-refractivity contribution < 1.29 is 0 Å². The highest BCUT2D eigenvalue weighted by Gasteiger charge is 2.16. The van der Waals surface area contributed by atoms with Gasteiger partial charge in [0, 0.05) is 5.56 Å². The lowest BCUT2D eigenvalue weighted by Crippen LogP contribution is -1.90. The second kappa shape index (κ2) is 5.23. The molecule has 0 aliphatic carbocycles. The van der Waals surface area contributed by atoms with Crippen LogP contribution in [-0.4, -0.2) is 0 Å². The van der Waals surface area contributed by atoms with Crippen molar-refractivity contribution in [3.05, 3.63) is 28.7 Å². The molecule has 0 bridgehead atoms. The fourth-order valence-corrected chi connectivity index (χ4v) is 1.50. The maximum absolute atomic E-state index is 8.80. The highest BCUT2D eigenvalue weighted by molar-refractivity contribution is 5.70. The van der Waals surface area contributed by atoms with Gasteiger partial charge in [-0.2, -0.15) is 0 Å². The molecular weight excluding hydrogens is 174 g/mol. The Labute approximate surface area is 84.6 Å². The van der Waals surface area contributed by atoms with E-state index < -0.39 is 0 Å². The molecule has 3 nitrogen and oxygen atoms in total. The van der Waals surface area contributed by atoms with Crippen molar-refractivity contribution >= 4 is 11.4 Å². The molecule has 1 aromatic rings. The fourth-order valence-electron chi connectivity index (χ4n) is 1.50. The molecule has 0 aliphatic rings. The Morgan fingerprint density at radius 3 is 2.79 bits per heavy atom. The molecule has 0 atom stereocenters. The molecule has 3 heteroatoms. The summed E-state index contributed by atoms with van der Waals surface area (Å²) in [5.41, 5.74) is 7.79. The molecule has 0 spiro atoms. The van der Waals surface area contributed by atoms with Gasteiger partial charge in [0.15, 0.2) is 4.98 Å². The summed E-state index contributed by atoms with van der Waals surface area (Å²) in [4.78, 5) is 3.22. The van der Waals surface area contributed by atoms with Crippen molar-refractivity contribution in [2.45, 2.75) is 32.6 Å². The molecule has 0 aliphatic heterocycles. The van der Waals surface area contributed by atoms with Gasteiger partial charge in [-0.15, -0.1) is 0 Å². The van der Waals surface area contributed by atoms with Crippen LogP contribution >= 0.6 is 0 Å². The van der Waals surface area contributed by atoms with Crippen LogP contribution in [0.15, 0.2) is 18.2 Å². The van der Waals surface area contributed by atoms with E-state index in [2.05, 4.69) is 11.9 Å². The second-order valence-corrected chi connectivity index (χ2v) is 3.41. The van der Waals surface area contributed by atoms with E-state index in [-0.39, 0.29) is 0 Å². The molecule has 74 valence electrons. The number of anilines is 1. The Kier molecular flexibility index (Phi) is 3.93. The third kappa shape index (κ3) is 2.46. The van der Waals surface area contributed by atoms with E-state index in [1.54, 1.807) is 6.07 Å². The molecule has 0 heterocycles. The number of unbranched alkanes of at least 4 members (excludes halogenated alkanes) is 2. The van der Waals surface area contributed by atoms with Gasteiger partial charge < -0.3 is 5.73 Å². The lowest BCUT2D eigenvalue weighted by molar-refractivity contribution is 0.718. The lowest BCUT2D eigenvalue weighted by Gasteiger charge is -1.98. The lowest BCUT2D eigenvalue weighted by atomic mass is 10.0. The number of nitrogen functional groups attached to an aromatic ring is 1. The van der Waals surface area contributed by atoms with Crippen LogP contribution in [0.4, 0.5) is 11.4 Å². The van der Waals surface area contributed by atoms with Crippen molar-refractivity contribution in [1.29, 1.82) is 5.39 Å². The molecule has 0 amide bonds. The van der Waals surface area contributed by atoms with E-state index in [0.717, 1.165) is 18.4 Å². The van der Waals surface area contributed by atoms with Crippen LogP contribution in [0.3, 0.4) is 0 Å². The van der Waals surface area contributed by atoms with Crippen molar-refractivity contribution in [2.24, 2.45) is 0 Å². The number of nitrogens with zero attached hydrogens (tertiary/aromatic N) is 2. The Hall–Kier alpha value is -1.56. The zero-order chi connectivity index (χ0) is 10.4. The molecule has 2 N–H and O–H groups in total. The average Bonchev–Trinajstić information content (AvgIpc) is 2.18. The summed E-state index contributed by atoms with van der Waals surface area (Å²) in [7, 11) is 0. The normalized spacial score (nSPS) is 9.71. The minimum Gasteiger partial charge on any atom is -0.392 e. The van der Waals surface area contributed by atoms with E-state index in [0.29, 0.717) is 11.4 Å². The molecule has 1 aromatic carbocycles. The maximum Gasteiger partial charge on any atom is 0.410 e. The molecule has 0 aromatic heterocycles. The highest BCUT2D eigenvalue weighted by Crippen LogP contribution is 2.27. The van der Waals surface area contributed by atoms with Crippen LogP contribution in [0, 0.1) is 5.39 Å². The maximum atomic E-state index is 8.80. The van der Waals surface area contributed by atoms with Crippen LogP contribution in [-0.2, 0) is 6.42 Å². The minimum atomic E-state index is 0.531. The molecular formula is C11H16N3+. The van der Waals surface area contributed by atoms with Crippen molar-refractivity contribution in [2.75, 3.05) is 5.73 Å². The van der Waals surface area contributed by atoms with Gasteiger partial charge >= 0.3 is 5.69 Å². The predicted octanol–water partition coefficient (Wildman–Crippen LogP) is 3.49. The predicted molar refractivity (Wildman–Crippen MR) is 58.8 cm³/mol. The van der Waals surface area contributed by atoms with Crippen LogP contribution in [0.5, 0.6) is 0 Å². The zero-order valence-corrected chi connectivity index (χ0v) is 8.53. The van der Waals surface area contributed by atoms with Gasteiger partial charge in [0.2, 0.25) is 5.39 Å². The zero-order valence-electron chi connectivity index (χ0n) is 8.53. The first kappa shape index (κ1) is 10.5. The van der Waals surface area contributed by atoms with Crippen LogP contribution in [0.1, 0.15) is 31.7 Å². The van der Waals surface area contributed by atoms with Crippen LogP contribution in [0.25, 0.3) is 4.98 Å². The van der Waals surface area contributed by atoms with Gasteiger partial charge in [-0.05, 0) is 18.9 Å². The summed E-state index contributed by atoms with van der Waals surface area (Å²) in [6.07, 6.45) is 4.42. The number of hydrogen-bond acceptors (Lipinski definition) is 2. The average molecular weight is 190 g/mol. The highest BCUT2D eigenvalue weighted by atomic mass is 14.9. The molecule has 0 saturated carbocycles. The third-order valence-electron chi connectivity index (χ3n) is 2.30. The first-order valence-corrected chi connectivity index (χ1v) is 5.02. The molecule has 0 saturated heterocycles. The standard InChI is InChI=1S/C11H16N3/c1-2-3-4-6-9-7-5-8-10(12)11(9)14-13/h5,7-8H,2-4,6,12H2,1H3/q+1. The van der Waals surface area contributed by atoms with Gasteiger partial charge in [0.1, 0.15) is 5.69 Å². The number of diazo groups is 1. The molecule has 0 radical (unpaired) electrons. The van der Waals surface area contributed by atoms with E-state index >= 15 is 0 Å². The fraction of sp³-hybridized carbons (Fsp3) is 0.455. The summed E-state index contributed by atoms with van der Waals surface area (Å²) in [6.45, 7) is 2.16. The van der Waals surface area contributed by atoms with Crippen molar-refractivity contribution in [3.63, 3.8) is 0 Å². The number of hydrogen-bond donors (Lipinski definition) is 1. The largest absolute Gasteiger partial charge is 0.410 e. The van der Waals surface area contributed by atoms with Gasteiger partial charge in [0.05, 0.1) is 0 Å².